The summed E-state index contributed by atoms with van der Waals surface area (Å²) in [6.45, 7) is 4.38. The summed E-state index contributed by atoms with van der Waals surface area (Å²) in [5.74, 6) is 0.658. The van der Waals surface area contributed by atoms with Gasteiger partial charge in [0, 0.05) is 6.04 Å². The summed E-state index contributed by atoms with van der Waals surface area (Å²) in [6.07, 6.45) is 5.21. The summed E-state index contributed by atoms with van der Waals surface area (Å²) in [4.78, 5) is 0. The van der Waals surface area contributed by atoms with Crippen molar-refractivity contribution >= 4 is 6.08 Å². The summed E-state index contributed by atoms with van der Waals surface area (Å²) in [6, 6.07) is 10.4. The molecule has 0 aliphatic rings. The number of hydrogen-bond acceptors (Lipinski definition) is 1. The van der Waals surface area contributed by atoms with Crippen molar-refractivity contribution in [3.05, 3.63) is 42.0 Å². The molecule has 0 unspecified atom stereocenters. The quantitative estimate of drug-likeness (QED) is 0.774. The monoisotopic (exact) mass is 189 g/mol. The van der Waals surface area contributed by atoms with E-state index in [2.05, 4.69) is 38.1 Å². The lowest BCUT2D eigenvalue weighted by molar-refractivity contribution is 0.547. The van der Waals surface area contributed by atoms with Gasteiger partial charge in [-0.15, -0.1) is 0 Å². The number of nitrogens with two attached hydrogens (primary N) is 1. The maximum Gasteiger partial charge on any atom is 0.0229 e. The molecule has 1 aromatic carbocycles. The molecule has 1 heteroatoms. The van der Waals surface area contributed by atoms with Crippen molar-refractivity contribution in [3.8, 4) is 0 Å². The van der Waals surface area contributed by atoms with Gasteiger partial charge in [-0.25, -0.2) is 0 Å². The van der Waals surface area contributed by atoms with Crippen molar-refractivity contribution in [2.75, 3.05) is 0 Å². The average Bonchev–Trinajstić information content (AvgIpc) is 2.15. The first kappa shape index (κ1) is 11.0. The van der Waals surface area contributed by atoms with E-state index in [1.54, 1.807) is 0 Å². The van der Waals surface area contributed by atoms with Crippen LogP contribution in [0.15, 0.2) is 36.4 Å². The molecular weight excluding hydrogens is 170 g/mol. The number of rotatable bonds is 4. The first-order chi connectivity index (χ1) is 6.68. The Balaban J connectivity index is 2.48. The van der Waals surface area contributed by atoms with Crippen LogP contribution in [0.3, 0.4) is 0 Å². The molecule has 1 atom stereocenters. The normalized spacial score (nSPS) is 13.7. The Morgan fingerprint density at radius 1 is 1.21 bits per heavy atom. The molecular formula is C13H19N. The predicted octanol–water partition coefficient (Wildman–Crippen LogP) is 3.07. The predicted molar refractivity (Wildman–Crippen MR) is 62.9 cm³/mol. The molecule has 0 saturated carbocycles. The highest BCUT2D eigenvalue weighted by Crippen LogP contribution is 2.06. The third kappa shape index (κ3) is 4.24. The molecule has 0 bridgehead atoms. The van der Waals surface area contributed by atoms with Crippen LogP contribution in [-0.2, 0) is 0 Å². The van der Waals surface area contributed by atoms with Gasteiger partial charge in [0.1, 0.15) is 0 Å². The van der Waals surface area contributed by atoms with E-state index in [1.165, 1.54) is 5.56 Å². The van der Waals surface area contributed by atoms with Crippen molar-refractivity contribution in [3.63, 3.8) is 0 Å². The zero-order valence-corrected chi connectivity index (χ0v) is 8.98. The second-order valence-electron chi connectivity index (χ2n) is 4.06. The number of hydrogen-bond donors (Lipinski definition) is 1. The van der Waals surface area contributed by atoms with E-state index in [4.69, 9.17) is 5.73 Å². The third-order valence-corrected chi connectivity index (χ3v) is 2.08. The van der Waals surface area contributed by atoms with Gasteiger partial charge in [0.15, 0.2) is 0 Å². The van der Waals surface area contributed by atoms with Crippen LogP contribution in [0, 0.1) is 5.92 Å². The Labute approximate surface area is 86.6 Å². The summed E-state index contributed by atoms with van der Waals surface area (Å²) in [7, 11) is 0. The lowest BCUT2D eigenvalue weighted by atomic mass is 10.0. The van der Waals surface area contributed by atoms with E-state index >= 15 is 0 Å². The molecule has 0 aliphatic carbocycles. The van der Waals surface area contributed by atoms with Crippen LogP contribution in [0.2, 0.25) is 0 Å². The van der Waals surface area contributed by atoms with Crippen LogP contribution in [0.1, 0.15) is 25.8 Å². The molecule has 1 aromatic rings. The van der Waals surface area contributed by atoms with Gasteiger partial charge < -0.3 is 5.73 Å². The van der Waals surface area contributed by atoms with Crippen LogP contribution in [0.5, 0.6) is 0 Å². The lowest BCUT2D eigenvalue weighted by Crippen LogP contribution is -2.18. The average molecular weight is 189 g/mol. The molecule has 2 N–H and O–H groups in total. The molecule has 14 heavy (non-hydrogen) atoms. The van der Waals surface area contributed by atoms with Crippen molar-refractivity contribution in [2.24, 2.45) is 11.7 Å². The molecule has 76 valence electrons. The Morgan fingerprint density at radius 3 is 2.43 bits per heavy atom. The van der Waals surface area contributed by atoms with E-state index in [-0.39, 0.29) is 6.04 Å². The minimum absolute atomic E-state index is 0.176. The summed E-state index contributed by atoms with van der Waals surface area (Å²) < 4.78 is 0. The summed E-state index contributed by atoms with van der Waals surface area (Å²) in [5.41, 5.74) is 7.15. The highest BCUT2D eigenvalue weighted by Gasteiger charge is 2.00. The second-order valence-corrected chi connectivity index (χ2v) is 4.06. The summed E-state index contributed by atoms with van der Waals surface area (Å²) >= 11 is 0. The Morgan fingerprint density at radius 2 is 1.86 bits per heavy atom. The largest absolute Gasteiger partial charge is 0.324 e. The van der Waals surface area contributed by atoms with Gasteiger partial charge in [0.2, 0.25) is 0 Å². The molecule has 0 radical (unpaired) electrons. The highest BCUT2D eigenvalue weighted by molar-refractivity contribution is 5.49. The minimum atomic E-state index is 0.176. The van der Waals surface area contributed by atoms with Crippen LogP contribution in [-0.4, -0.2) is 6.04 Å². The van der Waals surface area contributed by atoms with Crippen molar-refractivity contribution in [1.29, 1.82) is 0 Å². The van der Waals surface area contributed by atoms with Crippen molar-refractivity contribution < 1.29 is 0 Å². The summed E-state index contributed by atoms with van der Waals surface area (Å²) in [5, 5.41) is 0. The van der Waals surface area contributed by atoms with Gasteiger partial charge in [-0.05, 0) is 17.9 Å². The van der Waals surface area contributed by atoms with Gasteiger partial charge in [0.25, 0.3) is 0 Å². The molecule has 0 aliphatic heterocycles. The van der Waals surface area contributed by atoms with E-state index < -0.39 is 0 Å². The SMILES string of the molecule is CC(C)C[C@@H](N)/C=C/c1ccccc1. The topological polar surface area (TPSA) is 26.0 Å². The van der Waals surface area contributed by atoms with Crippen molar-refractivity contribution in [2.45, 2.75) is 26.3 Å². The van der Waals surface area contributed by atoms with Gasteiger partial charge in [-0.3, -0.25) is 0 Å². The fourth-order valence-corrected chi connectivity index (χ4v) is 1.42. The Hall–Kier alpha value is -1.08. The molecule has 0 heterocycles. The third-order valence-electron chi connectivity index (χ3n) is 2.08. The maximum atomic E-state index is 5.94. The van der Waals surface area contributed by atoms with E-state index in [1.807, 2.05) is 18.2 Å². The zero-order valence-electron chi connectivity index (χ0n) is 8.98. The smallest absolute Gasteiger partial charge is 0.0229 e. The maximum absolute atomic E-state index is 5.94. The van der Waals surface area contributed by atoms with Gasteiger partial charge >= 0.3 is 0 Å². The van der Waals surface area contributed by atoms with Crippen LogP contribution >= 0.6 is 0 Å². The minimum Gasteiger partial charge on any atom is -0.324 e. The fourth-order valence-electron chi connectivity index (χ4n) is 1.42. The van der Waals surface area contributed by atoms with Crippen LogP contribution in [0.25, 0.3) is 6.08 Å². The molecule has 0 saturated heterocycles. The molecule has 1 rings (SSSR count). The fraction of sp³-hybridized carbons (Fsp3) is 0.385. The first-order valence-corrected chi connectivity index (χ1v) is 5.17. The van der Waals surface area contributed by atoms with Crippen molar-refractivity contribution in [1.82, 2.24) is 0 Å². The molecule has 0 spiro atoms. The molecule has 0 aromatic heterocycles. The second kappa shape index (κ2) is 5.61. The number of benzene rings is 1. The van der Waals surface area contributed by atoms with Crippen LogP contribution in [0.4, 0.5) is 0 Å². The van der Waals surface area contributed by atoms with E-state index in [0.29, 0.717) is 5.92 Å². The van der Waals surface area contributed by atoms with Gasteiger partial charge in [0.05, 0.1) is 0 Å². The molecule has 1 nitrogen and oxygen atoms in total. The molecule has 0 amide bonds. The highest BCUT2D eigenvalue weighted by atomic mass is 14.6. The first-order valence-electron chi connectivity index (χ1n) is 5.17. The van der Waals surface area contributed by atoms with Gasteiger partial charge in [-0.1, -0.05) is 56.3 Å². The van der Waals surface area contributed by atoms with E-state index in [9.17, 15) is 0 Å². The van der Waals surface area contributed by atoms with E-state index in [0.717, 1.165) is 6.42 Å². The Bertz CT molecular complexity index is 275. The lowest BCUT2D eigenvalue weighted by Gasteiger charge is -2.08. The standard InChI is InChI=1S/C13H19N/c1-11(2)10-13(14)9-8-12-6-4-3-5-7-12/h3-9,11,13H,10,14H2,1-2H3/b9-8+/t13-/m0/s1. The molecule has 0 fully saturated rings. The van der Waals surface area contributed by atoms with Crippen LogP contribution < -0.4 is 5.73 Å². The zero-order chi connectivity index (χ0) is 10.4. The Kier molecular flexibility index (Phi) is 4.41. The van der Waals surface area contributed by atoms with Gasteiger partial charge in [-0.2, -0.15) is 0 Å².